The average Bonchev–Trinajstić information content (AvgIpc) is 2.75. The van der Waals surface area contributed by atoms with Gasteiger partial charge in [0.2, 0.25) is 0 Å². The topological polar surface area (TPSA) is 88.0 Å². The van der Waals surface area contributed by atoms with Gasteiger partial charge in [0.25, 0.3) is 5.56 Å². The predicted octanol–water partition coefficient (Wildman–Crippen LogP) is 1.35. The van der Waals surface area contributed by atoms with Crippen molar-refractivity contribution in [1.82, 2.24) is 24.6 Å². The molecule has 3 heterocycles. The minimum atomic E-state index is -0.148. The summed E-state index contributed by atoms with van der Waals surface area (Å²) in [6.07, 6.45) is 0. The molecule has 0 unspecified atom stereocenters. The van der Waals surface area contributed by atoms with Gasteiger partial charge in [-0.25, -0.2) is 9.97 Å². The van der Waals surface area contributed by atoms with Gasteiger partial charge in [0, 0.05) is 23.9 Å². The molecule has 0 fully saturated rings. The van der Waals surface area contributed by atoms with Crippen molar-refractivity contribution >= 4 is 11.5 Å². The summed E-state index contributed by atoms with van der Waals surface area (Å²) in [5.41, 5.74) is 3.14. The third-order valence-electron chi connectivity index (χ3n) is 3.04. The largest absolute Gasteiger partial charge is 0.364 e. The Labute approximate surface area is 121 Å². The number of anilines is 1. The van der Waals surface area contributed by atoms with Crippen LogP contribution in [0.2, 0.25) is 0 Å². The maximum atomic E-state index is 11.4. The highest BCUT2D eigenvalue weighted by molar-refractivity contribution is 5.50. The molecule has 7 heteroatoms. The lowest BCUT2D eigenvalue weighted by Gasteiger charge is -2.09. The molecule has 0 saturated carbocycles. The van der Waals surface area contributed by atoms with E-state index in [-0.39, 0.29) is 5.56 Å². The van der Waals surface area contributed by atoms with Crippen molar-refractivity contribution in [3.05, 3.63) is 51.5 Å². The van der Waals surface area contributed by atoms with Crippen LogP contribution in [0.4, 0.5) is 5.82 Å². The van der Waals surface area contributed by atoms with Gasteiger partial charge in [-0.3, -0.25) is 4.79 Å². The van der Waals surface area contributed by atoms with Gasteiger partial charge in [0.05, 0.1) is 17.9 Å². The summed E-state index contributed by atoms with van der Waals surface area (Å²) in [6, 6.07) is 5.33. The van der Waals surface area contributed by atoms with Crippen LogP contribution in [0.25, 0.3) is 5.65 Å². The Kier molecular flexibility index (Phi) is 3.17. The maximum Gasteiger partial charge on any atom is 0.251 e. The number of hydrogen-bond donors (Lipinski definition) is 2. The molecule has 0 aromatic carbocycles. The third kappa shape index (κ3) is 2.76. The molecule has 7 nitrogen and oxygen atoms in total. The fourth-order valence-corrected chi connectivity index (χ4v) is 2.25. The summed E-state index contributed by atoms with van der Waals surface area (Å²) in [6.45, 7) is 6.07. The summed E-state index contributed by atoms with van der Waals surface area (Å²) < 4.78 is 1.75. The summed E-state index contributed by atoms with van der Waals surface area (Å²) in [5.74, 6) is 1.43. The van der Waals surface area contributed by atoms with Crippen molar-refractivity contribution in [3.63, 3.8) is 0 Å². The second-order valence-electron chi connectivity index (χ2n) is 5.01. The molecular weight excluding hydrogens is 268 g/mol. The molecule has 0 bridgehead atoms. The fourth-order valence-electron chi connectivity index (χ4n) is 2.25. The van der Waals surface area contributed by atoms with Gasteiger partial charge >= 0.3 is 0 Å². The highest BCUT2D eigenvalue weighted by atomic mass is 16.1. The molecule has 3 rings (SSSR count). The smallest absolute Gasteiger partial charge is 0.251 e. The third-order valence-corrected chi connectivity index (χ3v) is 3.04. The van der Waals surface area contributed by atoms with Crippen LogP contribution in [-0.4, -0.2) is 24.6 Å². The molecule has 0 atom stereocenters. The van der Waals surface area contributed by atoms with Crippen molar-refractivity contribution in [2.75, 3.05) is 5.32 Å². The zero-order valence-electron chi connectivity index (χ0n) is 12.1. The zero-order valence-corrected chi connectivity index (χ0v) is 12.1. The van der Waals surface area contributed by atoms with Crippen molar-refractivity contribution < 1.29 is 0 Å². The molecule has 3 aromatic rings. The van der Waals surface area contributed by atoms with Gasteiger partial charge in [-0.05, 0) is 20.8 Å². The van der Waals surface area contributed by atoms with Crippen LogP contribution in [0.1, 0.15) is 22.9 Å². The van der Waals surface area contributed by atoms with Gasteiger partial charge in [0.1, 0.15) is 11.6 Å². The number of H-pyrrole nitrogens is 1. The molecule has 2 N–H and O–H groups in total. The van der Waals surface area contributed by atoms with Gasteiger partial charge in [-0.2, -0.15) is 9.61 Å². The maximum absolute atomic E-state index is 11.4. The molecule has 0 aliphatic heterocycles. The first kappa shape index (κ1) is 13.3. The van der Waals surface area contributed by atoms with Crippen LogP contribution in [0, 0.1) is 20.8 Å². The molecule has 0 saturated heterocycles. The minimum absolute atomic E-state index is 0.148. The Morgan fingerprint density at radius 3 is 2.71 bits per heavy atom. The Morgan fingerprint density at radius 1 is 1.14 bits per heavy atom. The molecular formula is C14H16N6O. The fraction of sp³-hybridized carbons (Fsp3) is 0.286. The van der Waals surface area contributed by atoms with Gasteiger partial charge in [-0.1, -0.05) is 0 Å². The predicted molar refractivity (Wildman–Crippen MR) is 79.4 cm³/mol. The van der Waals surface area contributed by atoms with E-state index in [2.05, 4.69) is 25.4 Å². The Morgan fingerprint density at radius 2 is 1.95 bits per heavy atom. The summed E-state index contributed by atoms with van der Waals surface area (Å²) in [7, 11) is 0. The van der Waals surface area contributed by atoms with E-state index in [1.807, 2.05) is 26.0 Å². The van der Waals surface area contributed by atoms with Crippen molar-refractivity contribution in [1.29, 1.82) is 0 Å². The number of aryl methyl sites for hydroxylation is 3. The number of fused-ring (bicyclic) bond motifs is 1. The average molecular weight is 284 g/mol. The number of rotatable bonds is 3. The quantitative estimate of drug-likeness (QED) is 0.758. The lowest BCUT2D eigenvalue weighted by atomic mass is 10.3. The Balaban J connectivity index is 1.92. The number of nitrogens with zero attached hydrogens (tertiary/aromatic N) is 4. The second kappa shape index (κ2) is 5.01. The number of aromatic amines is 1. The van der Waals surface area contributed by atoms with Crippen molar-refractivity contribution in [3.8, 4) is 0 Å². The molecule has 0 spiro atoms. The van der Waals surface area contributed by atoms with Crippen LogP contribution in [0.15, 0.2) is 23.0 Å². The van der Waals surface area contributed by atoms with E-state index in [0.29, 0.717) is 18.1 Å². The van der Waals surface area contributed by atoms with Gasteiger partial charge in [-0.15, -0.1) is 0 Å². The molecule has 0 aliphatic rings. The van der Waals surface area contributed by atoms with Crippen molar-refractivity contribution in [2.24, 2.45) is 0 Å². The first-order valence-electron chi connectivity index (χ1n) is 6.66. The van der Waals surface area contributed by atoms with Crippen LogP contribution in [0.3, 0.4) is 0 Å². The molecule has 21 heavy (non-hydrogen) atoms. The van der Waals surface area contributed by atoms with E-state index in [4.69, 9.17) is 0 Å². The highest BCUT2D eigenvalue weighted by Crippen LogP contribution is 2.14. The first-order valence-corrected chi connectivity index (χ1v) is 6.66. The van der Waals surface area contributed by atoms with E-state index in [9.17, 15) is 4.79 Å². The summed E-state index contributed by atoms with van der Waals surface area (Å²) >= 11 is 0. The molecule has 108 valence electrons. The Hall–Kier alpha value is -2.70. The summed E-state index contributed by atoms with van der Waals surface area (Å²) in [4.78, 5) is 22.8. The molecule has 3 aromatic heterocycles. The van der Waals surface area contributed by atoms with Gasteiger partial charge < -0.3 is 10.3 Å². The van der Waals surface area contributed by atoms with E-state index in [1.54, 1.807) is 11.4 Å². The summed E-state index contributed by atoms with van der Waals surface area (Å²) in [5, 5.41) is 7.66. The number of nitrogens with one attached hydrogen (secondary N) is 2. The normalized spacial score (nSPS) is 11.0. The molecule has 0 amide bonds. The lowest BCUT2D eigenvalue weighted by Crippen LogP contribution is -2.14. The SMILES string of the molecule is Cc1cc(NCc2cc(=O)[nH]c(C)n2)n2nc(C)cc2n1. The second-order valence-corrected chi connectivity index (χ2v) is 5.01. The Bertz CT molecular complexity index is 864. The van der Waals surface area contributed by atoms with Crippen LogP contribution >= 0.6 is 0 Å². The van der Waals surface area contributed by atoms with E-state index < -0.39 is 0 Å². The van der Waals surface area contributed by atoms with E-state index in [1.165, 1.54) is 6.07 Å². The molecule has 0 aliphatic carbocycles. The van der Waals surface area contributed by atoms with Crippen LogP contribution in [-0.2, 0) is 6.54 Å². The van der Waals surface area contributed by atoms with Gasteiger partial charge in [0.15, 0.2) is 5.65 Å². The van der Waals surface area contributed by atoms with Crippen molar-refractivity contribution in [2.45, 2.75) is 27.3 Å². The van der Waals surface area contributed by atoms with E-state index >= 15 is 0 Å². The number of hydrogen-bond acceptors (Lipinski definition) is 5. The standard InChI is InChI=1S/C14H16N6O/c1-8-4-12(20-13(16-8)5-9(2)19-20)15-7-11-6-14(21)18-10(3)17-11/h4-6,15H,7H2,1-3H3,(H,17,18,21). The zero-order chi connectivity index (χ0) is 15.0. The van der Waals surface area contributed by atoms with Crippen LogP contribution < -0.4 is 10.9 Å². The first-order chi connectivity index (χ1) is 10.0. The number of aromatic nitrogens is 5. The monoisotopic (exact) mass is 284 g/mol. The van der Waals surface area contributed by atoms with E-state index in [0.717, 1.165) is 22.9 Å². The van der Waals surface area contributed by atoms with Crippen LogP contribution in [0.5, 0.6) is 0 Å². The minimum Gasteiger partial charge on any atom is -0.364 e. The lowest BCUT2D eigenvalue weighted by molar-refractivity contribution is 0.882. The highest BCUT2D eigenvalue weighted by Gasteiger charge is 2.07. The molecule has 0 radical (unpaired) electrons.